The highest BCUT2D eigenvalue weighted by molar-refractivity contribution is 5.24. The van der Waals surface area contributed by atoms with Crippen LogP contribution < -0.4 is 5.32 Å². The van der Waals surface area contributed by atoms with Crippen molar-refractivity contribution < 1.29 is 0 Å². The van der Waals surface area contributed by atoms with Crippen molar-refractivity contribution in [2.24, 2.45) is 14.1 Å². The van der Waals surface area contributed by atoms with E-state index in [0.29, 0.717) is 6.04 Å². The Labute approximate surface area is 114 Å². The molecule has 0 aliphatic rings. The molecule has 0 radical (unpaired) electrons. The molecule has 0 bridgehead atoms. The van der Waals surface area contributed by atoms with E-state index in [-0.39, 0.29) is 0 Å². The molecule has 0 saturated heterocycles. The molecule has 2 aromatic heterocycles. The SMILES string of the molecule is CNC(CCc1c(C)nn(C)c1C)c1ccn(C)n1. The molecule has 5 heteroatoms. The summed E-state index contributed by atoms with van der Waals surface area (Å²) in [6.07, 6.45) is 4.04. The highest BCUT2D eigenvalue weighted by Crippen LogP contribution is 2.20. The Kier molecular flexibility index (Phi) is 4.04. The van der Waals surface area contributed by atoms with Crippen LogP contribution in [0.15, 0.2) is 12.3 Å². The summed E-state index contributed by atoms with van der Waals surface area (Å²) in [5.41, 5.74) is 4.85. The first kappa shape index (κ1) is 13.8. The van der Waals surface area contributed by atoms with Crippen LogP contribution in [0.2, 0.25) is 0 Å². The van der Waals surface area contributed by atoms with E-state index in [1.807, 2.05) is 36.7 Å². The zero-order valence-electron chi connectivity index (χ0n) is 12.4. The third kappa shape index (κ3) is 2.87. The average Bonchev–Trinajstić information content (AvgIpc) is 2.89. The molecule has 2 heterocycles. The minimum absolute atomic E-state index is 0.292. The van der Waals surface area contributed by atoms with Crippen molar-refractivity contribution in [1.29, 1.82) is 0 Å². The van der Waals surface area contributed by atoms with Gasteiger partial charge in [-0.05, 0) is 45.4 Å². The fourth-order valence-corrected chi connectivity index (χ4v) is 2.53. The number of nitrogens with zero attached hydrogens (tertiary/aromatic N) is 4. The Morgan fingerprint density at radius 3 is 2.47 bits per heavy atom. The fourth-order valence-electron chi connectivity index (χ4n) is 2.53. The van der Waals surface area contributed by atoms with Gasteiger partial charge in [-0.25, -0.2) is 0 Å². The lowest BCUT2D eigenvalue weighted by atomic mass is 10.0. The zero-order chi connectivity index (χ0) is 14.0. The fraction of sp³-hybridized carbons (Fsp3) is 0.571. The standard InChI is InChI=1S/C14H23N5/c1-10-12(11(2)19(5)16-10)6-7-13(15-3)14-8-9-18(4)17-14/h8-9,13,15H,6-7H2,1-5H3. The van der Waals surface area contributed by atoms with E-state index in [2.05, 4.69) is 35.4 Å². The van der Waals surface area contributed by atoms with Crippen LogP contribution in [0.25, 0.3) is 0 Å². The van der Waals surface area contributed by atoms with E-state index in [9.17, 15) is 0 Å². The summed E-state index contributed by atoms with van der Waals surface area (Å²) < 4.78 is 3.81. The number of aryl methyl sites for hydroxylation is 3. The Bertz CT molecular complexity index is 552. The quantitative estimate of drug-likeness (QED) is 0.890. The van der Waals surface area contributed by atoms with Gasteiger partial charge in [0.1, 0.15) is 0 Å². The predicted molar refractivity (Wildman–Crippen MR) is 76.0 cm³/mol. The summed E-state index contributed by atoms with van der Waals surface area (Å²) in [4.78, 5) is 0. The van der Waals surface area contributed by atoms with Gasteiger partial charge in [0, 0.05) is 26.0 Å². The molecule has 0 spiro atoms. The maximum Gasteiger partial charge on any atom is 0.0793 e. The van der Waals surface area contributed by atoms with Gasteiger partial charge in [0.05, 0.1) is 17.4 Å². The first-order valence-electron chi connectivity index (χ1n) is 6.68. The van der Waals surface area contributed by atoms with Crippen molar-refractivity contribution in [3.63, 3.8) is 0 Å². The van der Waals surface area contributed by atoms with Gasteiger partial charge in [0.15, 0.2) is 0 Å². The van der Waals surface area contributed by atoms with Gasteiger partial charge in [0.25, 0.3) is 0 Å². The molecule has 5 nitrogen and oxygen atoms in total. The minimum Gasteiger partial charge on any atom is -0.312 e. The van der Waals surface area contributed by atoms with Gasteiger partial charge in [-0.1, -0.05) is 0 Å². The van der Waals surface area contributed by atoms with Crippen LogP contribution in [-0.2, 0) is 20.5 Å². The Balaban J connectivity index is 2.08. The molecule has 1 unspecified atom stereocenters. The second-order valence-corrected chi connectivity index (χ2v) is 5.07. The van der Waals surface area contributed by atoms with E-state index in [1.54, 1.807) is 0 Å². The molecule has 0 aliphatic heterocycles. The van der Waals surface area contributed by atoms with Crippen LogP contribution in [0.3, 0.4) is 0 Å². The van der Waals surface area contributed by atoms with E-state index >= 15 is 0 Å². The van der Waals surface area contributed by atoms with Crippen molar-refractivity contribution in [2.45, 2.75) is 32.7 Å². The average molecular weight is 261 g/mol. The summed E-state index contributed by atoms with van der Waals surface area (Å²) in [6, 6.07) is 2.37. The predicted octanol–water partition coefficient (Wildman–Crippen LogP) is 1.66. The van der Waals surface area contributed by atoms with Crippen LogP contribution in [0, 0.1) is 13.8 Å². The van der Waals surface area contributed by atoms with E-state index in [0.717, 1.165) is 24.2 Å². The summed E-state index contributed by atoms with van der Waals surface area (Å²) in [5.74, 6) is 0. The number of hydrogen-bond donors (Lipinski definition) is 1. The molecule has 1 N–H and O–H groups in total. The molecule has 0 aliphatic carbocycles. The first-order chi connectivity index (χ1) is 9.02. The number of rotatable bonds is 5. The smallest absolute Gasteiger partial charge is 0.0793 e. The van der Waals surface area contributed by atoms with Crippen LogP contribution in [0.1, 0.15) is 35.1 Å². The van der Waals surface area contributed by atoms with E-state index in [4.69, 9.17) is 0 Å². The van der Waals surface area contributed by atoms with Crippen LogP contribution >= 0.6 is 0 Å². The highest BCUT2D eigenvalue weighted by atomic mass is 15.3. The van der Waals surface area contributed by atoms with Gasteiger partial charge < -0.3 is 5.32 Å². The second-order valence-electron chi connectivity index (χ2n) is 5.07. The number of aromatic nitrogens is 4. The molecule has 2 rings (SSSR count). The van der Waals surface area contributed by atoms with Gasteiger partial charge in [-0.2, -0.15) is 10.2 Å². The summed E-state index contributed by atoms with van der Waals surface area (Å²) in [7, 11) is 5.94. The molecule has 0 aromatic carbocycles. The Morgan fingerprint density at radius 2 is 2.00 bits per heavy atom. The number of nitrogens with one attached hydrogen (secondary N) is 1. The lowest BCUT2D eigenvalue weighted by Crippen LogP contribution is -2.18. The maximum absolute atomic E-state index is 4.48. The minimum atomic E-state index is 0.292. The van der Waals surface area contributed by atoms with Crippen molar-refractivity contribution in [2.75, 3.05) is 7.05 Å². The first-order valence-corrected chi connectivity index (χ1v) is 6.68. The lowest BCUT2D eigenvalue weighted by molar-refractivity contribution is 0.525. The van der Waals surface area contributed by atoms with E-state index in [1.165, 1.54) is 11.3 Å². The molecule has 0 fully saturated rings. The summed E-state index contributed by atoms with van der Waals surface area (Å²) in [5, 5.41) is 12.3. The van der Waals surface area contributed by atoms with Crippen molar-refractivity contribution in [3.8, 4) is 0 Å². The molecule has 104 valence electrons. The number of hydrogen-bond acceptors (Lipinski definition) is 3. The topological polar surface area (TPSA) is 47.7 Å². The third-order valence-corrected chi connectivity index (χ3v) is 3.78. The third-order valence-electron chi connectivity index (χ3n) is 3.78. The lowest BCUT2D eigenvalue weighted by Gasteiger charge is -2.13. The second kappa shape index (κ2) is 5.57. The van der Waals surface area contributed by atoms with Gasteiger partial charge in [-0.15, -0.1) is 0 Å². The van der Waals surface area contributed by atoms with Crippen molar-refractivity contribution >= 4 is 0 Å². The van der Waals surface area contributed by atoms with Gasteiger partial charge in [-0.3, -0.25) is 9.36 Å². The Morgan fingerprint density at radius 1 is 1.26 bits per heavy atom. The molecule has 0 saturated carbocycles. The van der Waals surface area contributed by atoms with Gasteiger partial charge in [0.2, 0.25) is 0 Å². The molecule has 19 heavy (non-hydrogen) atoms. The monoisotopic (exact) mass is 261 g/mol. The Hall–Kier alpha value is -1.62. The summed E-state index contributed by atoms with van der Waals surface area (Å²) >= 11 is 0. The molecule has 2 aromatic rings. The van der Waals surface area contributed by atoms with Crippen LogP contribution in [0.4, 0.5) is 0 Å². The van der Waals surface area contributed by atoms with E-state index < -0.39 is 0 Å². The van der Waals surface area contributed by atoms with Crippen molar-refractivity contribution in [3.05, 3.63) is 34.9 Å². The summed E-state index contributed by atoms with van der Waals surface area (Å²) in [6.45, 7) is 4.21. The maximum atomic E-state index is 4.48. The highest BCUT2D eigenvalue weighted by Gasteiger charge is 2.15. The zero-order valence-corrected chi connectivity index (χ0v) is 12.4. The normalized spacial score (nSPS) is 12.9. The molecular formula is C14H23N5. The molecule has 0 amide bonds. The van der Waals surface area contributed by atoms with Gasteiger partial charge >= 0.3 is 0 Å². The van der Waals surface area contributed by atoms with Crippen molar-refractivity contribution in [1.82, 2.24) is 24.9 Å². The molecule has 1 atom stereocenters. The van der Waals surface area contributed by atoms with Crippen LogP contribution in [0.5, 0.6) is 0 Å². The van der Waals surface area contributed by atoms with Crippen LogP contribution in [-0.4, -0.2) is 26.6 Å². The largest absolute Gasteiger partial charge is 0.312 e. The molecular weight excluding hydrogens is 238 g/mol.